The molecule has 0 aliphatic carbocycles. The topological polar surface area (TPSA) is 61.5 Å². The fraction of sp³-hybridized carbons (Fsp3) is 0.308. The molecule has 0 saturated heterocycles. The van der Waals surface area contributed by atoms with E-state index in [1.165, 1.54) is 0 Å². The predicted octanol–water partition coefficient (Wildman–Crippen LogP) is 9.00. The lowest BCUT2D eigenvalue weighted by Crippen LogP contribution is -2.00. The van der Waals surface area contributed by atoms with Crippen molar-refractivity contribution in [2.45, 2.75) is 48.5 Å². The van der Waals surface area contributed by atoms with E-state index in [1.807, 2.05) is 48.5 Å². The molecule has 0 rings (SSSR count). The molecular formula is C26H43N5. The van der Waals surface area contributed by atoms with Gasteiger partial charge >= 0.3 is 0 Å². The molecule has 0 fully saturated rings. The van der Waals surface area contributed by atoms with Gasteiger partial charge in [0.25, 0.3) is 0 Å². The van der Waals surface area contributed by atoms with Crippen LogP contribution >= 0.6 is 0 Å². The third kappa shape index (κ3) is 29.0. The summed E-state index contributed by atoms with van der Waals surface area (Å²) in [6.07, 6.45) is 10.2. The molecule has 0 unspecified atom stereocenters. The number of hydrogen-bond donors (Lipinski definition) is 1. The summed E-state index contributed by atoms with van der Waals surface area (Å²) in [6, 6.07) is 0. The Balaban J connectivity index is -0.000000554. The second kappa shape index (κ2) is 26.7. The quantitative estimate of drug-likeness (QED) is 0.260. The summed E-state index contributed by atoms with van der Waals surface area (Å²) in [5.74, 6) is 0. The highest BCUT2D eigenvalue weighted by molar-refractivity contribution is 5.25. The molecular weight excluding hydrogens is 382 g/mol. The van der Waals surface area contributed by atoms with Crippen molar-refractivity contribution in [2.75, 3.05) is 7.05 Å². The molecule has 5 nitrogen and oxygen atoms in total. The van der Waals surface area contributed by atoms with Crippen LogP contribution in [0.1, 0.15) is 48.5 Å². The van der Waals surface area contributed by atoms with Crippen LogP contribution in [-0.4, -0.2) is 7.05 Å². The smallest absolute Gasteiger partial charge is 0.0786 e. The number of hydrogen-bond acceptors (Lipinski definition) is 5. The third-order valence-electron chi connectivity index (χ3n) is 2.44. The molecule has 5 heteroatoms. The van der Waals surface area contributed by atoms with Gasteiger partial charge in [0.2, 0.25) is 0 Å². The minimum Gasteiger partial charge on any atom is -0.389 e. The summed E-state index contributed by atoms with van der Waals surface area (Å²) < 4.78 is 0. The van der Waals surface area contributed by atoms with Crippen molar-refractivity contribution in [3.63, 3.8) is 0 Å². The number of rotatable bonds is 11. The first kappa shape index (κ1) is 35.1. The van der Waals surface area contributed by atoms with Gasteiger partial charge in [0.15, 0.2) is 0 Å². The van der Waals surface area contributed by atoms with Gasteiger partial charge in [-0.05, 0) is 37.3 Å². The highest BCUT2D eigenvalue weighted by atomic mass is 15.1. The summed E-state index contributed by atoms with van der Waals surface area (Å²) in [5.41, 5.74) is 3.50. The van der Waals surface area contributed by atoms with Crippen molar-refractivity contribution in [2.24, 2.45) is 20.5 Å². The fourth-order valence-electron chi connectivity index (χ4n) is 1.10. The van der Waals surface area contributed by atoms with Crippen LogP contribution in [0.5, 0.6) is 0 Å². The van der Waals surface area contributed by atoms with Crippen molar-refractivity contribution in [1.82, 2.24) is 5.32 Å². The van der Waals surface area contributed by atoms with Gasteiger partial charge in [0.05, 0.1) is 22.8 Å². The molecule has 0 heterocycles. The Morgan fingerprint density at radius 1 is 0.516 bits per heavy atom. The maximum absolute atomic E-state index is 3.93. The Hall–Kier alpha value is -3.34. The third-order valence-corrected chi connectivity index (χ3v) is 2.44. The van der Waals surface area contributed by atoms with E-state index in [0.29, 0.717) is 22.8 Å². The molecule has 0 aromatic heterocycles. The van der Waals surface area contributed by atoms with E-state index in [-0.39, 0.29) is 0 Å². The summed E-state index contributed by atoms with van der Waals surface area (Å²) in [4.78, 5) is 0. The zero-order valence-corrected chi connectivity index (χ0v) is 21.0. The molecule has 0 amide bonds. The van der Waals surface area contributed by atoms with E-state index in [9.17, 15) is 0 Å². The van der Waals surface area contributed by atoms with Gasteiger partial charge in [0, 0.05) is 12.7 Å². The van der Waals surface area contributed by atoms with Gasteiger partial charge in [-0.25, -0.2) is 0 Å². The van der Waals surface area contributed by atoms with Crippen molar-refractivity contribution in [3.8, 4) is 0 Å². The normalized spacial score (nSPS) is 10.1. The molecule has 0 aromatic rings. The summed E-state index contributed by atoms with van der Waals surface area (Å²) in [5, 5.41) is 18.6. The van der Waals surface area contributed by atoms with Crippen LogP contribution in [0.15, 0.2) is 130 Å². The number of allylic oxidation sites excluding steroid dienone is 7. The minimum absolute atomic E-state index is 0.430. The Morgan fingerprint density at radius 2 is 0.774 bits per heavy atom. The SMILES string of the molecule is C=C(C)/C=C\C(=C)N=NC(=C)/C=C\C(=C)N=NC(=C)/C=C\C(=C)NC.CC.CC.CC. The molecule has 1 N–H and O–H groups in total. The molecule has 0 aliphatic heterocycles. The average Bonchev–Trinajstić information content (AvgIpc) is 2.80. The molecule has 0 radical (unpaired) electrons. The Labute approximate surface area is 191 Å². The van der Waals surface area contributed by atoms with Crippen LogP contribution in [0.3, 0.4) is 0 Å². The van der Waals surface area contributed by atoms with Crippen LogP contribution < -0.4 is 5.32 Å². The number of likely N-dealkylation sites (N-methyl/N-ethyl adjacent to an activating group) is 1. The van der Waals surface area contributed by atoms with Crippen LogP contribution in [0.4, 0.5) is 0 Å². The van der Waals surface area contributed by atoms with E-state index in [0.717, 1.165) is 11.3 Å². The first-order valence-electron chi connectivity index (χ1n) is 10.4. The standard InChI is InChI=1S/C20H25N5.3C2H6/c1-15(2)9-10-17(4)22-24-19(6)13-14-20(7)25-23-18(5)12-11-16(3)21-8;3*1-2/h9-14,21H,1,3-7H2,2,8H3;3*1-2H3/b10-9-,12-11-,14-13-,24-22?,25-23?;;;. The Kier molecular flexibility index (Phi) is 30.2. The van der Waals surface area contributed by atoms with Crippen LogP contribution in [0.25, 0.3) is 0 Å². The monoisotopic (exact) mass is 425 g/mol. The molecule has 0 aromatic carbocycles. The van der Waals surface area contributed by atoms with E-state index in [1.54, 1.807) is 43.5 Å². The van der Waals surface area contributed by atoms with Crippen LogP contribution in [0.2, 0.25) is 0 Å². The van der Waals surface area contributed by atoms with E-state index in [4.69, 9.17) is 0 Å². The maximum atomic E-state index is 3.93. The van der Waals surface area contributed by atoms with Crippen molar-refractivity contribution in [1.29, 1.82) is 0 Å². The molecule has 0 saturated carbocycles. The lowest BCUT2D eigenvalue weighted by molar-refractivity contribution is 1.04. The molecule has 172 valence electrons. The van der Waals surface area contributed by atoms with Crippen molar-refractivity contribution in [3.05, 3.63) is 110 Å². The zero-order chi connectivity index (χ0) is 25.2. The lowest BCUT2D eigenvalue weighted by atomic mass is 10.3. The maximum Gasteiger partial charge on any atom is 0.0786 e. The Morgan fingerprint density at radius 3 is 1.03 bits per heavy atom. The van der Waals surface area contributed by atoms with Gasteiger partial charge in [-0.15, -0.1) is 0 Å². The summed E-state index contributed by atoms with van der Waals surface area (Å²) in [6.45, 7) is 36.4. The first-order valence-corrected chi connectivity index (χ1v) is 10.4. The molecule has 0 atom stereocenters. The highest BCUT2D eigenvalue weighted by Gasteiger charge is 1.89. The van der Waals surface area contributed by atoms with Gasteiger partial charge in [-0.1, -0.05) is 92.7 Å². The summed E-state index contributed by atoms with van der Waals surface area (Å²) >= 11 is 0. The average molecular weight is 426 g/mol. The molecule has 0 aliphatic rings. The Bertz CT molecular complexity index is 714. The van der Waals surface area contributed by atoms with E-state index < -0.39 is 0 Å². The van der Waals surface area contributed by atoms with Gasteiger partial charge in [-0.3, -0.25) is 0 Å². The second-order valence-electron chi connectivity index (χ2n) is 4.99. The first-order chi connectivity index (χ1) is 14.7. The van der Waals surface area contributed by atoms with E-state index >= 15 is 0 Å². The largest absolute Gasteiger partial charge is 0.389 e. The predicted molar refractivity (Wildman–Crippen MR) is 141 cm³/mol. The lowest BCUT2D eigenvalue weighted by Gasteiger charge is -1.95. The highest BCUT2D eigenvalue weighted by Crippen LogP contribution is 2.07. The molecule has 0 bridgehead atoms. The van der Waals surface area contributed by atoms with Crippen molar-refractivity contribution >= 4 is 0 Å². The summed E-state index contributed by atoms with van der Waals surface area (Å²) in [7, 11) is 1.78. The molecule has 0 spiro atoms. The number of nitrogens with one attached hydrogen (secondary N) is 1. The van der Waals surface area contributed by atoms with Crippen LogP contribution in [-0.2, 0) is 0 Å². The van der Waals surface area contributed by atoms with Gasteiger partial charge < -0.3 is 5.32 Å². The van der Waals surface area contributed by atoms with Crippen LogP contribution in [0, 0.1) is 0 Å². The van der Waals surface area contributed by atoms with Gasteiger partial charge in [0.1, 0.15) is 0 Å². The minimum atomic E-state index is 0.430. The second-order valence-corrected chi connectivity index (χ2v) is 4.99. The fourth-order valence-corrected chi connectivity index (χ4v) is 1.10. The van der Waals surface area contributed by atoms with Crippen molar-refractivity contribution < 1.29 is 0 Å². The van der Waals surface area contributed by atoms with Gasteiger partial charge in [-0.2, -0.15) is 20.5 Å². The molecule has 31 heavy (non-hydrogen) atoms. The zero-order valence-electron chi connectivity index (χ0n) is 21.0. The van der Waals surface area contributed by atoms with E-state index in [2.05, 4.69) is 65.2 Å². The number of nitrogens with zero attached hydrogens (tertiary/aromatic N) is 4. The number of azo groups is 2.